The van der Waals surface area contributed by atoms with E-state index in [9.17, 15) is 0 Å². The number of thiazole rings is 1. The van der Waals surface area contributed by atoms with Crippen molar-refractivity contribution in [2.45, 2.75) is 26.1 Å². The van der Waals surface area contributed by atoms with Gasteiger partial charge in [-0.05, 0) is 31.5 Å². The number of benzene rings is 1. The summed E-state index contributed by atoms with van der Waals surface area (Å²) in [6.07, 6.45) is 2.29. The topological polar surface area (TPSA) is 85.0 Å². The summed E-state index contributed by atoms with van der Waals surface area (Å²) in [7, 11) is 0. The molecule has 8 heteroatoms. The number of nitrogen functional groups attached to an aromatic ring is 1. The zero-order valence-corrected chi connectivity index (χ0v) is 15.9. The van der Waals surface area contributed by atoms with Gasteiger partial charge in [0.15, 0.2) is 0 Å². The minimum Gasteiger partial charge on any atom is -0.492 e. The predicted molar refractivity (Wildman–Crippen MR) is 106 cm³/mol. The Morgan fingerprint density at radius 1 is 1.42 bits per heavy atom. The number of rotatable bonds is 7. The molecule has 26 heavy (non-hydrogen) atoms. The van der Waals surface area contributed by atoms with E-state index >= 15 is 0 Å². The number of anilines is 2. The molecule has 140 valence electrons. The zero-order chi connectivity index (χ0) is 18.4. The van der Waals surface area contributed by atoms with Gasteiger partial charge in [-0.2, -0.15) is 5.10 Å². The Morgan fingerprint density at radius 3 is 2.96 bits per heavy atom. The van der Waals surface area contributed by atoms with Gasteiger partial charge in [0.05, 0.1) is 18.4 Å². The second kappa shape index (κ2) is 8.98. The standard InChI is InChI=1S/C18H25N5O2S/c1-13-10-23(11-14(2)25-13)6-7-24-16-5-3-4-15(8-16)9-20-22-18-21-17(19)12-26-18/h3-5,8-9,12-14H,6-7,10-11,19H2,1-2H3,(H,21,22). The second-order valence-electron chi connectivity index (χ2n) is 6.39. The third-order valence-corrected chi connectivity index (χ3v) is 4.69. The van der Waals surface area contributed by atoms with Crippen LogP contribution in [-0.4, -0.2) is 54.5 Å². The van der Waals surface area contributed by atoms with Crippen LogP contribution in [0.3, 0.4) is 0 Å². The molecule has 0 amide bonds. The van der Waals surface area contributed by atoms with Crippen molar-refractivity contribution in [2.24, 2.45) is 5.10 Å². The SMILES string of the molecule is CC1CN(CCOc2cccc(C=NNc3nc(N)cs3)c2)CC(C)O1. The summed E-state index contributed by atoms with van der Waals surface area (Å²) in [6.45, 7) is 7.67. The molecule has 7 nitrogen and oxygen atoms in total. The first-order valence-corrected chi connectivity index (χ1v) is 9.57. The Kier molecular flexibility index (Phi) is 6.43. The van der Waals surface area contributed by atoms with Crippen molar-refractivity contribution in [1.82, 2.24) is 9.88 Å². The van der Waals surface area contributed by atoms with Gasteiger partial charge < -0.3 is 15.2 Å². The highest BCUT2D eigenvalue weighted by atomic mass is 32.1. The van der Waals surface area contributed by atoms with Crippen LogP contribution in [-0.2, 0) is 4.74 Å². The van der Waals surface area contributed by atoms with Gasteiger partial charge >= 0.3 is 0 Å². The highest BCUT2D eigenvalue weighted by Gasteiger charge is 2.21. The van der Waals surface area contributed by atoms with Gasteiger partial charge in [-0.1, -0.05) is 12.1 Å². The average molecular weight is 375 g/mol. The maximum absolute atomic E-state index is 5.90. The molecule has 1 aromatic heterocycles. The van der Waals surface area contributed by atoms with Crippen molar-refractivity contribution in [1.29, 1.82) is 0 Å². The number of nitrogens with zero attached hydrogens (tertiary/aromatic N) is 3. The Hall–Kier alpha value is -2.16. The molecular formula is C18H25N5O2S. The predicted octanol–water partition coefficient (Wildman–Crippen LogP) is 2.66. The van der Waals surface area contributed by atoms with Crippen LogP contribution >= 0.6 is 11.3 Å². The first-order valence-electron chi connectivity index (χ1n) is 8.69. The fourth-order valence-electron chi connectivity index (χ4n) is 2.94. The molecule has 1 aliphatic rings. The van der Waals surface area contributed by atoms with Crippen LogP contribution in [0, 0.1) is 0 Å². The Morgan fingerprint density at radius 2 is 2.23 bits per heavy atom. The summed E-state index contributed by atoms with van der Waals surface area (Å²) in [5.74, 6) is 1.33. The lowest BCUT2D eigenvalue weighted by Crippen LogP contribution is -2.46. The van der Waals surface area contributed by atoms with Gasteiger partial charge in [0.2, 0.25) is 5.13 Å². The largest absolute Gasteiger partial charge is 0.492 e. The maximum Gasteiger partial charge on any atom is 0.205 e. The lowest BCUT2D eigenvalue weighted by atomic mass is 10.2. The first kappa shape index (κ1) is 18.6. The number of morpholine rings is 1. The van der Waals surface area contributed by atoms with Crippen molar-refractivity contribution in [3.8, 4) is 5.75 Å². The van der Waals surface area contributed by atoms with E-state index in [0.29, 0.717) is 17.6 Å². The molecule has 2 unspecified atom stereocenters. The normalized spacial score (nSPS) is 21.2. The summed E-state index contributed by atoms with van der Waals surface area (Å²) >= 11 is 1.41. The van der Waals surface area contributed by atoms with Gasteiger partial charge in [0, 0.05) is 25.0 Å². The number of hydrogen-bond donors (Lipinski definition) is 2. The minimum absolute atomic E-state index is 0.277. The van der Waals surface area contributed by atoms with Gasteiger partial charge in [-0.25, -0.2) is 4.98 Å². The fourth-order valence-corrected chi connectivity index (χ4v) is 3.49. The lowest BCUT2D eigenvalue weighted by molar-refractivity contribution is -0.0699. The van der Waals surface area contributed by atoms with E-state index < -0.39 is 0 Å². The lowest BCUT2D eigenvalue weighted by Gasteiger charge is -2.35. The average Bonchev–Trinajstić information content (AvgIpc) is 3.00. The van der Waals surface area contributed by atoms with Crippen LogP contribution in [0.4, 0.5) is 10.9 Å². The Labute approximate surface area is 157 Å². The summed E-state index contributed by atoms with van der Waals surface area (Å²) in [5.41, 5.74) is 9.39. The van der Waals surface area contributed by atoms with E-state index in [-0.39, 0.29) is 12.2 Å². The number of ether oxygens (including phenoxy) is 2. The smallest absolute Gasteiger partial charge is 0.205 e. The molecule has 0 aliphatic carbocycles. The molecule has 2 aromatic rings. The number of hydrazone groups is 1. The van der Waals surface area contributed by atoms with E-state index in [2.05, 4.69) is 34.3 Å². The Balaban J connectivity index is 1.46. The quantitative estimate of drug-likeness (QED) is 0.572. The van der Waals surface area contributed by atoms with Crippen molar-refractivity contribution in [2.75, 3.05) is 37.4 Å². The second-order valence-corrected chi connectivity index (χ2v) is 7.24. The highest BCUT2D eigenvalue weighted by molar-refractivity contribution is 7.14. The summed E-state index contributed by atoms with van der Waals surface area (Å²) < 4.78 is 11.7. The molecule has 3 N–H and O–H groups in total. The summed E-state index contributed by atoms with van der Waals surface area (Å²) in [6, 6.07) is 7.85. The molecule has 0 radical (unpaired) electrons. The van der Waals surface area contributed by atoms with E-state index in [1.165, 1.54) is 11.3 Å². The van der Waals surface area contributed by atoms with E-state index in [0.717, 1.165) is 30.9 Å². The van der Waals surface area contributed by atoms with Gasteiger partial charge in [0.25, 0.3) is 0 Å². The molecule has 2 heterocycles. The van der Waals surface area contributed by atoms with Crippen LogP contribution in [0.2, 0.25) is 0 Å². The van der Waals surface area contributed by atoms with Crippen LogP contribution in [0.5, 0.6) is 5.75 Å². The number of hydrogen-bond acceptors (Lipinski definition) is 8. The molecule has 1 aromatic carbocycles. The zero-order valence-electron chi connectivity index (χ0n) is 15.1. The monoisotopic (exact) mass is 375 g/mol. The molecular weight excluding hydrogens is 350 g/mol. The van der Waals surface area contributed by atoms with Gasteiger partial charge in [-0.15, -0.1) is 11.3 Å². The Bertz CT molecular complexity index is 726. The molecule has 1 aliphatic heterocycles. The molecule has 1 fully saturated rings. The van der Waals surface area contributed by atoms with Crippen molar-refractivity contribution in [3.63, 3.8) is 0 Å². The van der Waals surface area contributed by atoms with E-state index in [1.54, 1.807) is 11.6 Å². The molecule has 3 rings (SSSR count). The summed E-state index contributed by atoms with van der Waals surface area (Å²) in [4.78, 5) is 6.47. The molecule has 1 saturated heterocycles. The van der Waals surface area contributed by atoms with Crippen LogP contribution in [0.25, 0.3) is 0 Å². The molecule has 2 atom stereocenters. The molecule has 0 spiro atoms. The van der Waals surface area contributed by atoms with Crippen LogP contribution < -0.4 is 15.9 Å². The van der Waals surface area contributed by atoms with Gasteiger partial charge in [0.1, 0.15) is 18.2 Å². The summed E-state index contributed by atoms with van der Waals surface area (Å²) in [5, 5.41) is 6.61. The molecule has 0 saturated carbocycles. The number of nitrogens with two attached hydrogens (primary N) is 1. The van der Waals surface area contributed by atoms with Crippen molar-refractivity contribution < 1.29 is 9.47 Å². The number of aromatic nitrogens is 1. The van der Waals surface area contributed by atoms with Crippen LogP contribution in [0.15, 0.2) is 34.7 Å². The van der Waals surface area contributed by atoms with Crippen molar-refractivity contribution in [3.05, 3.63) is 35.2 Å². The maximum atomic E-state index is 5.90. The van der Waals surface area contributed by atoms with Crippen LogP contribution in [0.1, 0.15) is 19.4 Å². The highest BCUT2D eigenvalue weighted by Crippen LogP contribution is 2.17. The first-order chi connectivity index (χ1) is 12.6. The third-order valence-electron chi connectivity index (χ3n) is 3.93. The third kappa shape index (κ3) is 5.69. The van der Waals surface area contributed by atoms with Gasteiger partial charge in [-0.3, -0.25) is 10.3 Å². The number of nitrogens with one attached hydrogen (secondary N) is 1. The van der Waals surface area contributed by atoms with E-state index in [4.69, 9.17) is 15.2 Å². The van der Waals surface area contributed by atoms with Crippen molar-refractivity contribution >= 4 is 28.5 Å². The van der Waals surface area contributed by atoms with E-state index in [1.807, 2.05) is 24.3 Å². The minimum atomic E-state index is 0.277. The fraction of sp³-hybridized carbons (Fsp3) is 0.444. The molecule has 0 bridgehead atoms.